The van der Waals surface area contributed by atoms with E-state index in [2.05, 4.69) is 28.2 Å². The van der Waals surface area contributed by atoms with Gasteiger partial charge in [0.25, 0.3) is 0 Å². The van der Waals surface area contributed by atoms with Gasteiger partial charge in [0.2, 0.25) is 0 Å². The number of morpholine rings is 1. The molecule has 0 bridgehead atoms. The Morgan fingerprint density at radius 1 is 1.58 bits per heavy atom. The largest absolute Gasteiger partial charge is 0.375 e. The van der Waals surface area contributed by atoms with Crippen LogP contribution in [-0.4, -0.2) is 36.7 Å². The van der Waals surface area contributed by atoms with Crippen LogP contribution in [0.3, 0.4) is 0 Å². The number of carbonyl (C=O) groups is 1. The lowest BCUT2D eigenvalue weighted by Crippen LogP contribution is -2.47. The van der Waals surface area contributed by atoms with Crippen LogP contribution in [0.2, 0.25) is 0 Å². The Morgan fingerprint density at radius 3 is 3.05 bits per heavy atom. The summed E-state index contributed by atoms with van der Waals surface area (Å²) in [4.78, 5) is 14.0. The van der Waals surface area contributed by atoms with E-state index in [9.17, 15) is 4.79 Å². The van der Waals surface area contributed by atoms with Gasteiger partial charge < -0.3 is 15.0 Å². The minimum absolute atomic E-state index is 0.0636. The molecule has 1 heterocycles. The maximum absolute atomic E-state index is 12.2. The number of nitrogens with zero attached hydrogens (tertiary/aromatic N) is 1. The van der Waals surface area contributed by atoms with Crippen LogP contribution >= 0.6 is 15.9 Å². The first-order valence-corrected chi connectivity index (χ1v) is 7.33. The van der Waals surface area contributed by atoms with Gasteiger partial charge in [-0.3, -0.25) is 0 Å². The summed E-state index contributed by atoms with van der Waals surface area (Å²) in [6.07, 6.45) is 1.08. The van der Waals surface area contributed by atoms with E-state index in [0.29, 0.717) is 19.7 Å². The molecule has 1 atom stereocenters. The van der Waals surface area contributed by atoms with Crippen LogP contribution in [0.1, 0.15) is 18.9 Å². The van der Waals surface area contributed by atoms with Crippen LogP contribution in [0.4, 0.5) is 10.5 Å². The quantitative estimate of drug-likeness (QED) is 0.904. The Hall–Kier alpha value is -1.07. The molecule has 1 aliphatic rings. The average Bonchev–Trinajstić information content (AvgIpc) is 2.42. The number of anilines is 1. The van der Waals surface area contributed by atoms with E-state index in [4.69, 9.17) is 4.74 Å². The maximum atomic E-state index is 12.2. The molecule has 2 rings (SSSR count). The fourth-order valence-corrected chi connectivity index (χ4v) is 2.66. The molecule has 0 radical (unpaired) electrons. The van der Waals surface area contributed by atoms with Crippen molar-refractivity contribution in [1.82, 2.24) is 4.90 Å². The average molecular weight is 327 g/mol. The third-order valence-corrected chi connectivity index (χ3v) is 3.90. The molecule has 1 aliphatic heterocycles. The fourth-order valence-electron chi connectivity index (χ4n) is 2.07. The predicted octanol–water partition coefficient (Wildman–Crippen LogP) is 3.40. The van der Waals surface area contributed by atoms with Gasteiger partial charge >= 0.3 is 6.03 Å². The zero-order chi connectivity index (χ0) is 13.8. The summed E-state index contributed by atoms with van der Waals surface area (Å²) < 4.78 is 6.47. The summed E-state index contributed by atoms with van der Waals surface area (Å²) in [5.41, 5.74) is 1.96. The highest BCUT2D eigenvalue weighted by Gasteiger charge is 2.23. The van der Waals surface area contributed by atoms with E-state index in [0.717, 1.165) is 22.1 Å². The highest BCUT2D eigenvalue weighted by atomic mass is 79.9. The van der Waals surface area contributed by atoms with E-state index < -0.39 is 0 Å². The highest BCUT2D eigenvalue weighted by molar-refractivity contribution is 9.10. The highest BCUT2D eigenvalue weighted by Crippen LogP contribution is 2.24. The van der Waals surface area contributed by atoms with Crippen molar-refractivity contribution in [3.05, 3.63) is 28.2 Å². The van der Waals surface area contributed by atoms with Crippen molar-refractivity contribution < 1.29 is 9.53 Å². The van der Waals surface area contributed by atoms with Gasteiger partial charge in [-0.2, -0.15) is 0 Å². The number of nitrogens with one attached hydrogen (secondary N) is 1. The topological polar surface area (TPSA) is 41.6 Å². The number of rotatable bonds is 2. The zero-order valence-corrected chi connectivity index (χ0v) is 12.9. The monoisotopic (exact) mass is 326 g/mol. The standard InChI is InChI=1S/C14H19BrN2O2/c1-3-11-9-17(6-7-19-11)14(18)16-13-5-4-10(2)8-12(13)15/h4-5,8,11H,3,6-7,9H2,1-2H3,(H,16,18)/t11-/m0/s1. The van der Waals surface area contributed by atoms with Gasteiger partial charge in [0.05, 0.1) is 18.4 Å². The van der Waals surface area contributed by atoms with Crippen molar-refractivity contribution in [1.29, 1.82) is 0 Å². The number of ether oxygens (including phenoxy) is 1. The van der Waals surface area contributed by atoms with E-state index in [-0.39, 0.29) is 12.1 Å². The minimum atomic E-state index is -0.0636. The lowest BCUT2D eigenvalue weighted by atomic mass is 10.2. The second-order valence-electron chi connectivity index (χ2n) is 4.76. The Morgan fingerprint density at radius 2 is 2.37 bits per heavy atom. The smallest absolute Gasteiger partial charge is 0.322 e. The number of urea groups is 1. The molecule has 5 heteroatoms. The molecule has 0 spiro atoms. The number of benzene rings is 1. The van der Waals surface area contributed by atoms with Crippen LogP contribution in [0.5, 0.6) is 0 Å². The van der Waals surface area contributed by atoms with Crippen LogP contribution in [0, 0.1) is 6.92 Å². The molecule has 104 valence electrons. The van der Waals surface area contributed by atoms with Crippen LogP contribution < -0.4 is 5.32 Å². The molecule has 1 N–H and O–H groups in total. The number of hydrogen-bond acceptors (Lipinski definition) is 2. The Labute approximate surface area is 122 Å². The first-order valence-electron chi connectivity index (χ1n) is 6.54. The van der Waals surface area contributed by atoms with Crippen molar-refractivity contribution in [2.75, 3.05) is 25.0 Å². The van der Waals surface area contributed by atoms with Crippen LogP contribution in [-0.2, 0) is 4.74 Å². The van der Waals surface area contributed by atoms with Crippen molar-refractivity contribution >= 4 is 27.6 Å². The van der Waals surface area contributed by atoms with E-state index >= 15 is 0 Å². The fraction of sp³-hybridized carbons (Fsp3) is 0.500. The van der Waals surface area contributed by atoms with Gasteiger partial charge in [-0.1, -0.05) is 13.0 Å². The molecular formula is C14H19BrN2O2. The van der Waals surface area contributed by atoms with Gasteiger partial charge in [-0.05, 0) is 47.0 Å². The molecule has 0 aromatic heterocycles. The summed E-state index contributed by atoms with van der Waals surface area (Å²) in [5, 5.41) is 2.94. The lowest BCUT2D eigenvalue weighted by Gasteiger charge is -2.32. The summed E-state index contributed by atoms with van der Waals surface area (Å²) in [7, 11) is 0. The van der Waals surface area contributed by atoms with Gasteiger partial charge in [0.1, 0.15) is 0 Å². The van der Waals surface area contributed by atoms with Crippen molar-refractivity contribution in [3.63, 3.8) is 0 Å². The number of halogens is 1. The second kappa shape index (κ2) is 6.39. The Balaban J connectivity index is 2.00. The first-order chi connectivity index (χ1) is 9.10. The maximum Gasteiger partial charge on any atom is 0.322 e. The molecule has 0 unspecified atom stereocenters. The molecule has 1 saturated heterocycles. The third kappa shape index (κ3) is 3.70. The Kier molecular flexibility index (Phi) is 4.82. The summed E-state index contributed by atoms with van der Waals surface area (Å²) >= 11 is 3.47. The van der Waals surface area contributed by atoms with E-state index in [1.807, 2.05) is 30.0 Å². The van der Waals surface area contributed by atoms with E-state index in [1.54, 1.807) is 0 Å². The second-order valence-corrected chi connectivity index (χ2v) is 5.61. The molecular weight excluding hydrogens is 308 g/mol. The molecule has 1 aromatic carbocycles. The summed E-state index contributed by atoms with van der Waals surface area (Å²) in [6.45, 7) is 6.01. The van der Waals surface area contributed by atoms with Crippen LogP contribution in [0.25, 0.3) is 0 Å². The summed E-state index contributed by atoms with van der Waals surface area (Å²) in [6, 6.07) is 5.82. The number of amides is 2. The van der Waals surface area contributed by atoms with Crippen LogP contribution in [0.15, 0.2) is 22.7 Å². The lowest BCUT2D eigenvalue weighted by molar-refractivity contribution is -0.0134. The Bertz CT molecular complexity index is 465. The van der Waals surface area contributed by atoms with Gasteiger partial charge in [-0.15, -0.1) is 0 Å². The number of carbonyl (C=O) groups excluding carboxylic acids is 1. The van der Waals surface area contributed by atoms with E-state index in [1.165, 1.54) is 0 Å². The van der Waals surface area contributed by atoms with Gasteiger partial charge in [0, 0.05) is 17.6 Å². The first kappa shape index (κ1) is 14.3. The van der Waals surface area contributed by atoms with Crippen molar-refractivity contribution in [3.8, 4) is 0 Å². The van der Waals surface area contributed by atoms with Crippen molar-refractivity contribution in [2.24, 2.45) is 0 Å². The molecule has 2 amide bonds. The molecule has 1 fully saturated rings. The molecule has 0 aliphatic carbocycles. The van der Waals surface area contributed by atoms with Crippen molar-refractivity contribution in [2.45, 2.75) is 26.4 Å². The molecule has 1 aromatic rings. The van der Waals surface area contributed by atoms with Gasteiger partial charge in [0.15, 0.2) is 0 Å². The van der Waals surface area contributed by atoms with Gasteiger partial charge in [-0.25, -0.2) is 4.79 Å². The minimum Gasteiger partial charge on any atom is -0.375 e. The zero-order valence-electron chi connectivity index (χ0n) is 11.3. The SMILES string of the molecule is CC[C@H]1CN(C(=O)Nc2ccc(C)cc2Br)CCO1. The number of aryl methyl sites for hydroxylation is 1. The summed E-state index contributed by atoms with van der Waals surface area (Å²) in [5.74, 6) is 0. The molecule has 0 saturated carbocycles. The molecule has 4 nitrogen and oxygen atoms in total. The third-order valence-electron chi connectivity index (χ3n) is 3.25. The predicted molar refractivity (Wildman–Crippen MR) is 79.5 cm³/mol. The normalized spacial score (nSPS) is 19.3. The molecule has 19 heavy (non-hydrogen) atoms. The number of hydrogen-bond donors (Lipinski definition) is 1.